The smallest absolute Gasteiger partial charge is 0.259 e. The summed E-state index contributed by atoms with van der Waals surface area (Å²) in [5.41, 5.74) is 0. The number of nitrogens with zero attached hydrogens (tertiary/aromatic N) is 2. The first-order chi connectivity index (χ1) is 8.95. The van der Waals surface area contributed by atoms with Gasteiger partial charge in [0.15, 0.2) is 0 Å². The summed E-state index contributed by atoms with van der Waals surface area (Å²) in [6.07, 6.45) is 3.02. The molecule has 1 unspecified atom stereocenters. The van der Waals surface area contributed by atoms with Crippen molar-refractivity contribution in [3.8, 4) is 6.07 Å². The first-order valence-electron chi connectivity index (χ1n) is 7.20. The van der Waals surface area contributed by atoms with Crippen molar-refractivity contribution in [3.63, 3.8) is 0 Å². The van der Waals surface area contributed by atoms with Crippen molar-refractivity contribution in [2.45, 2.75) is 72.1 Å². The molecule has 0 N–H and O–H groups in total. The molecule has 110 valence electrons. The van der Waals surface area contributed by atoms with Gasteiger partial charge >= 0.3 is 0 Å². The molecular formula is C14H27N2O2P. The fourth-order valence-corrected chi connectivity index (χ4v) is 4.07. The molecule has 1 aliphatic rings. The van der Waals surface area contributed by atoms with Gasteiger partial charge in [-0.2, -0.15) is 5.26 Å². The van der Waals surface area contributed by atoms with Crippen LogP contribution >= 0.6 is 8.53 Å². The third kappa shape index (κ3) is 5.36. The van der Waals surface area contributed by atoms with Crippen molar-refractivity contribution >= 4 is 8.53 Å². The average molecular weight is 286 g/mol. The molecule has 0 spiro atoms. The summed E-state index contributed by atoms with van der Waals surface area (Å²) in [4.78, 5) is 0. The fraction of sp³-hybridized carbons (Fsp3) is 0.929. The quantitative estimate of drug-likeness (QED) is 0.498. The van der Waals surface area contributed by atoms with Gasteiger partial charge in [0.25, 0.3) is 8.53 Å². The topological polar surface area (TPSA) is 45.5 Å². The Morgan fingerprint density at radius 1 is 1.26 bits per heavy atom. The Hall–Kier alpha value is -0.200. The van der Waals surface area contributed by atoms with Gasteiger partial charge in [0.1, 0.15) is 0 Å². The number of hydrogen-bond donors (Lipinski definition) is 0. The van der Waals surface area contributed by atoms with Crippen LogP contribution in [0.4, 0.5) is 0 Å². The van der Waals surface area contributed by atoms with E-state index in [1.165, 1.54) is 0 Å². The Kier molecular flexibility index (Phi) is 7.25. The van der Waals surface area contributed by atoms with Gasteiger partial charge in [-0.15, -0.1) is 0 Å². The van der Waals surface area contributed by atoms with E-state index in [0.29, 0.717) is 31.2 Å². The summed E-state index contributed by atoms with van der Waals surface area (Å²) in [7, 11) is -1.05. The highest BCUT2D eigenvalue weighted by Gasteiger charge is 2.34. The van der Waals surface area contributed by atoms with Gasteiger partial charge in [-0.1, -0.05) is 6.92 Å². The monoisotopic (exact) mass is 286 g/mol. The molecule has 5 heteroatoms. The van der Waals surface area contributed by atoms with Gasteiger partial charge in [-0.05, 0) is 46.5 Å². The van der Waals surface area contributed by atoms with Gasteiger partial charge in [-0.3, -0.25) is 0 Å². The summed E-state index contributed by atoms with van der Waals surface area (Å²) in [6.45, 7) is 11.4. The Morgan fingerprint density at radius 3 is 2.26 bits per heavy atom. The minimum absolute atomic E-state index is 0.336. The summed E-state index contributed by atoms with van der Waals surface area (Å²) >= 11 is 0. The summed E-state index contributed by atoms with van der Waals surface area (Å²) in [5.74, 6) is 0.771. The van der Waals surface area contributed by atoms with E-state index >= 15 is 0 Å². The molecule has 0 heterocycles. The molecule has 0 amide bonds. The van der Waals surface area contributed by atoms with Crippen LogP contribution in [0.15, 0.2) is 0 Å². The van der Waals surface area contributed by atoms with Gasteiger partial charge in [0, 0.05) is 12.1 Å². The standard InChI is InChI=1S/C14H27N2O2P/c1-11(2)16(12(3)4)19(17-8-6-7-15)18-14-9-13(5)10-14/h11-14H,6,8-10H2,1-5H3/t13-,14-,19?. The van der Waals surface area contributed by atoms with Crippen LogP contribution in [0.5, 0.6) is 0 Å². The lowest BCUT2D eigenvalue weighted by Gasteiger charge is -2.41. The number of hydrogen-bond acceptors (Lipinski definition) is 4. The molecule has 0 aromatic heterocycles. The zero-order valence-corrected chi connectivity index (χ0v) is 13.7. The molecule has 0 bridgehead atoms. The zero-order valence-electron chi connectivity index (χ0n) is 12.8. The third-order valence-electron chi connectivity index (χ3n) is 3.23. The number of nitriles is 1. The number of rotatable bonds is 8. The first-order valence-corrected chi connectivity index (χ1v) is 8.33. The van der Waals surface area contributed by atoms with E-state index in [4.69, 9.17) is 14.3 Å². The van der Waals surface area contributed by atoms with Crippen molar-refractivity contribution in [2.75, 3.05) is 6.61 Å². The van der Waals surface area contributed by atoms with E-state index < -0.39 is 8.53 Å². The van der Waals surface area contributed by atoms with E-state index in [0.717, 1.165) is 18.8 Å². The molecule has 1 saturated carbocycles. The Bertz CT molecular complexity index is 290. The molecule has 1 aliphatic carbocycles. The molecule has 19 heavy (non-hydrogen) atoms. The van der Waals surface area contributed by atoms with Crippen LogP contribution in [-0.2, 0) is 9.05 Å². The maximum atomic E-state index is 8.63. The van der Waals surface area contributed by atoms with Gasteiger partial charge in [-0.25, -0.2) is 4.67 Å². The summed E-state index contributed by atoms with van der Waals surface area (Å²) < 4.78 is 14.3. The van der Waals surface area contributed by atoms with Crippen molar-refractivity contribution in [1.29, 1.82) is 5.26 Å². The SMILES string of the molecule is CC(C)N(C(C)C)P(OCCC#N)O[C@H]1C[C@H](C)C1. The van der Waals surface area contributed by atoms with Crippen molar-refractivity contribution in [3.05, 3.63) is 0 Å². The molecule has 4 nitrogen and oxygen atoms in total. The molecule has 0 aromatic carbocycles. The molecule has 0 radical (unpaired) electrons. The summed E-state index contributed by atoms with van der Waals surface area (Å²) in [5, 5.41) is 8.63. The average Bonchev–Trinajstić information content (AvgIpc) is 2.25. The summed E-state index contributed by atoms with van der Waals surface area (Å²) in [6, 6.07) is 2.88. The fourth-order valence-electron chi connectivity index (χ4n) is 2.34. The van der Waals surface area contributed by atoms with Crippen LogP contribution in [-0.4, -0.2) is 29.5 Å². The Labute approximate surface area is 119 Å². The first kappa shape index (κ1) is 16.9. The van der Waals surface area contributed by atoms with E-state index in [-0.39, 0.29) is 0 Å². The van der Waals surface area contributed by atoms with Crippen LogP contribution in [0.1, 0.15) is 53.9 Å². The zero-order chi connectivity index (χ0) is 14.4. The lowest BCUT2D eigenvalue weighted by atomic mass is 9.84. The van der Waals surface area contributed by atoms with Gasteiger partial charge in [0.2, 0.25) is 0 Å². The lowest BCUT2D eigenvalue weighted by molar-refractivity contribution is 0.0505. The normalized spacial score (nSPS) is 24.6. The van der Waals surface area contributed by atoms with Crippen LogP contribution in [0, 0.1) is 17.2 Å². The highest BCUT2D eigenvalue weighted by molar-refractivity contribution is 7.44. The van der Waals surface area contributed by atoms with Crippen LogP contribution in [0.2, 0.25) is 0 Å². The molecule has 0 saturated heterocycles. The Morgan fingerprint density at radius 2 is 1.84 bits per heavy atom. The predicted octanol–water partition coefficient (Wildman–Crippen LogP) is 4.08. The second-order valence-corrected chi connectivity index (χ2v) is 7.26. The van der Waals surface area contributed by atoms with Crippen molar-refractivity contribution in [2.24, 2.45) is 5.92 Å². The molecule has 0 aliphatic heterocycles. The molecule has 0 aromatic rings. The highest BCUT2D eigenvalue weighted by atomic mass is 31.2. The maximum Gasteiger partial charge on any atom is 0.259 e. The molecule has 1 fully saturated rings. The predicted molar refractivity (Wildman–Crippen MR) is 78.5 cm³/mol. The minimum Gasteiger partial charge on any atom is -0.321 e. The van der Waals surface area contributed by atoms with Crippen LogP contribution in [0.3, 0.4) is 0 Å². The van der Waals surface area contributed by atoms with Crippen molar-refractivity contribution < 1.29 is 9.05 Å². The van der Waals surface area contributed by atoms with Crippen molar-refractivity contribution in [1.82, 2.24) is 4.67 Å². The largest absolute Gasteiger partial charge is 0.321 e. The van der Waals surface area contributed by atoms with Gasteiger partial charge in [0.05, 0.1) is 25.2 Å². The van der Waals surface area contributed by atoms with Crippen LogP contribution in [0.25, 0.3) is 0 Å². The van der Waals surface area contributed by atoms with Gasteiger partial charge < -0.3 is 9.05 Å². The molecule has 1 atom stereocenters. The van der Waals surface area contributed by atoms with E-state index in [9.17, 15) is 0 Å². The van der Waals surface area contributed by atoms with E-state index in [1.54, 1.807) is 0 Å². The molecule has 1 rings (SSSR count). The van der Waals surface area contributed by atoms with Crippen LogP contribution < -0.4 is 0 Å². The Balaban J connectivity index is 2.58. The highest BCUT2D eigenvalue weighted by Crippen LogP contribution is 2.50. The van der Waals surface area contributed by atoms with E-state index in [1.807, 2.05) is 0 Å². The second kappa shape index (κ2) is 8.17. The lowest BCUT2D eigenvalue weighted by Crippen LogP contribution is -2.37. The van der Waals surface area contributed by atoms with E-state index in [2.05, 4.69) is 45.4 Å². The maximum absolute atomic E-state index is 8.63. The molecular weight excluding hydrogens is 259 g/mol. The second-order valence-electron chi connectivity index (χ2n) is 5.85. The minimum atomic E-state index is -1.05. The third-order valence-corrected chi connectivity index (χ3v) is 5.41.